The first kappa shape index (κ1) is 13.5. The van der Waals surface area contributed by atoms with Crippen LogP contribution in [-0.2, 0) is 4.79 Å². The third kappa shape index (κ3) is 4.12. The van der Waals surface area contributed by atoms with E-state index in [1.807, 2.05) is 4.90 Å². The van der Waals surface area contributed by atoms with Crippen molar-refractivity contribution in [2.24, 2.45) is 17.6 Å². The first-order valence-corrected chi connectivity index (χ1v) is 6.65. The second kappa shape index (κ2) is 6.89. The average Bonchev–Trinajstić information content (AvgIpc) is 2.44. The molecule has 1 aliphatic heterocycles. The Hall–Kier alpha value is -0.570. The molecule has 1 aliphatic rings. The van der Waals surface area contributed by atoms with Crippen molar-refractivity contribution in [3.8, 4) is 0 Å². The maximum absolute atomic E-state index is 11.9. The quantitative estimate of drug-likeness (QED) is 0.779. The van der Waals surface area contributed by atoms with Crippen molar-refractivity contribution in [1.29, 1.82) is 0 Å². The van der Waals surface area contributed by atoms with Gasteiger partial charge in [0.1, 0.15) is 0 Å². The molecular formula is C13H26N2O. The summed E-state index contributed by atoms with van der Waals surface area (Å²) in [5.41, 5.74) is 5.61. The van der Waals surface area contributed by atoms with Crippen LogP contribution in [0, 0.1) is 11.8 Å². The molecule has 1 heterocycles. The number of carbonyl (C=O) groups is 1. The van der Waals surface area contributed by atoms with Gasteiger partial charge >= 0.3 is 0 Å². The van der Waals surface area contributed by atoms with E-state index in [0.29, 0.717) is 18.4 Å². The molecule has 0 aromatic rings. The number of hydrogen-bond acceptors (Lipinski definition) is 2. The summed E-state index contributed by atoms with van der Waals surface area (Å²) < 4.78 is 0. The Morgan fingerprint density at radius 1 is 1.50 bits per heavy atom. The minimum atomic E-state index is 0.332. The van der Waals surface area contributed by atoms with Crippen molar-refractivity contribution in [2.75, 3.05) is 19.6 Å². The van der Waals surface area contributed by atoms with Gasteiger partial charge in [0.05, 0.1) is 0 Å². The van der Waals surface area contributed by atoms with Crippen LogP contribution in [0.1, 0.15) is 46.0 Å². The number of nitrogens with zero attached hydrogens (tertiary/aromatic N) is 1. The normalized spacial score (nSPS) is 24.3. The molecule has 1 fully saturated rings. The molecule has 0 radical (unpaired) electrons. The fourth-order valence-electron chi connectivity index (χ4n) is 2.43. The lowest BCUT2D eigenvalue weighted by molar-refractivity contribution is -0.131. The SMILES string of the molecule is CCCC1CCC(=O)N(CC(C)CN)CC1. The summed E-state index contributed by atoms with van der Waals surface area (Å²) in [4.78, 5) is 13.9. The minimum Gasteiger partial charge on any atom is -0.342 e. The molecule has 3 nitrogen and oxygen atoms in total. The van der Waals surface area contributed by atoms with Gasteiger partial charge in [-0.25, -0.2) is 0 Å². The number of carbonyl (C=O) groups excluding carboxylic acids is 1. The van der Waals surface area contributed by atoms with E-state index in [2.05, 4.69) is 13.8 Å². The van der Waals surface area contributed by atoms with Crippen LogP contribution >= 0.6 is 0 Å². The highest BCUT2D eigenvalue weighted by molar-refractivity contribution is 5.76. The summed E-state index contributed by atoms with van der Waals surface area (Å²) in [6, 6.07) is 0. The van der Waals surface area contributed by atoms with E-state index in [9.17, 15) is 4.79 Å². The Kier molecular flexibility index (Phi) is 5.81. The number of likely N-dealkylation sites (tertiary alicyclic amines) is 1. The molecule has 16 heavy (non-hydrogen) atoms. The fourth-order valence-corrected chi connectivity index (χ4v) is 2.43. The lowest BCUT2D eigenvalue weighted by atomic mass is 9.96. The lowest BCUT2D eigenvalue weighted by Crippen LogP contribution is -2.36. The van der Waals surface area contributed by atoms with Gasteiger partial charge in [-0.1, -0.05) is 26.7 Å². The van der Waals surface area contributed by atoms with Crippen molar-refractivity contribution < 1.29 is 4.79 Å². The van der Waals surface area contributed by atoms with E-state index >= 15 is 0 Å². The summed E-state index contributed by atoms with van der Waals surface area (Å²) in [6.07, 6.45) is 5.50. The Bertz CT molecular complexity index is 218. The molecule has 3 heteroatoms. The Labute approximate surface area is 99.4 Å². The number of rotatable bonds is 5. The van der Waals surface area contributed by atoms with Gasteiger partial charge in [0, 0.05) is 19.5 Å². The molecule has 0 spiro atoms. The van der Waals surface area contributed by atoms with E-state index in [0.717, 1.165) is 31.8 Å². The fraction of sp³-hybridized carbons (Fsp3) is 0.923. The summed E-state index contributed by atoms with van der Waals surface area (Å²) in [6.45, 7) is 6.78. The predicted octanol–water partition coefficient (Wildman–Crippen LogP) is 2.01. The van der Waals surface area contributed by atoms with Gasteiger partial charge in [-0.3, -0.25) is 4.79 Å². The standard InChI is InChI=1S/C13H26N2O/c1-3-4-12-5-6-13(16)15(8-7-12)10-11(2)9-14/h11-12H,3-10,14H2,1-2H3. The lowest BCUT2D eigenvalue weighted by Gasteiger charge is -2.24. The monoisotopic (exact) mass is 226 g/mol. The smallest absolute Gasteiger partial charge is 0.222 e. The van der Waals surface area contributed by atoms with Gasteiger partial charge in [-0.2, -0.15) is 0 Å². The molecule has 0 saturated carbocycles. The highest BCUT2D eigenvalue weighted by atomic mass is 16.2. The first-order valence-electron chi connectivity index (χ1n) is 6.65. The molecule has 2 atom stereocenters. The van der Waals surface area contributed by atoms with E-state index < -0.39 is 0 Å². The van der Waals surface area contributed by atoms with E-state index in [4.69, 9.17) is 5.73 Å². The van der Waals surface area contributed by atoms with Gasteiger partial charge in [0.2, 0.25) is 5.91 Å². The van der Waals surface area contributed by atoms with Gasteiger partial charge in [-0.05, 0) is 31.2 Å². The number of hydrogen-bond donors (Lipinski definition) is 1. The molecule has 94 valence electrons. The molecular weight excluding hydrogens is 200 g/mol. The molecule has 0 aromatic heterocycles. The van der Waals surface area contributed by atoms with Gasteiger partial charge in [-0.15, -0.1) is 0 Å². The zero-order valence-corrected chi connectivity index (χ0v) is 10.7. The molecule has 1 rings (SSSR count). The maximum atomic E-state index is 11.9. The highest BCUT2D eigenvalue weighted by Crippen LogP contribution is 2.22. The van der Waals surface area contributed by atoms with Crippen LogP contribution in [-0.4, -0.2) is 30.4 Å². The molecule has 0 aliphatic carbocycles. The van der Waals surface area contributed by atoms with Crippen molar-refractivity contribution in [2.45, 2.75) is 46.0 Å². The van der Waals surface area contributed by atoms with Crippen molar-refractivity contribution in [3.05, 3.63) is 0 Å². The van der Waals surface area contributed by atoms with E-state index in [1.165, 1.54) is 19.3 Å². The first-order chi connectivity index (χ1) is 7.67. The van der Waals surface area contributed by atoms with Gasteiger partial charge in [0.15, 0.2) is 0 Å². The van der Waals surface area contributed by atoms with Crippen molar-refractivity contribution in [1.82, 2.24) is 4.90 Å². The molecule has 0 bridgehead atoms. The molecule has 2 N–H and O–H groups in total. The van der Waals surface area contributed by atoms with E-state index in [1.54, 1.807) is 0 Å². The Morgan fingerprint density at radius 2 is 2.25 bits per heavy atom. The maximum Gasteiger partial charge on any atom is 0.222 e. The Morgan fingerprint density at radius 3 is 2.88 bits per heavy atom. The van der Waals surface area contributed by atoms with Crippen LogP contribution in [0.3, 0.4) is 0 Å². The van der Waals surface area contributed by atoms with Crippen LogP contribution < -0.4 is 5.73 Å². The second-order valence-electron chi connectivity index (χ2n) is 5.16. The topological polar surface area (TPSA) is 46.3 Å². The largest absolute Gasteiger partial charge is 0.342 e. The van der Waals surface area contributed by atoms with E-state index in [-0.39, 0.29) is 0 Å². The summed E-state index contributed by atoms with van der Waals surface area (Å²) in [5.74, 6) is 1.51. The summed E-state index contributed by atoms with van der Waals surface area (Å²) in [5, 5.41) is 0. The molecule has 1 saturated heterocycles. The van der Waals surface area contributed by atoms with Crippen molar-refractivity contribution >= 4 is 5.91 Å². The molecule has 0 aromatic carbocycles. The number of nitrogens with two attached hydrogens (primary N) is 1. The minimum absolute atomic E-state index is 0.332. The van der Waals surface area contributed by atoms with Crippen LogP contribution in [0.25, 0.3) is 0 Å². The van der Waals surface area contributed by atoms with Crippen LogP contribution in [0.15, 0.2) is 0 Å². The number of amides is 1. The molecule has 1 amide bonds. The zero-order valence-electron chi connectivity index (χ0n) is 10.7. The second-order valence-corrected chi connectivity index (χ2v) is 5.16. The summed E-state index contributed by atoms with van der Waals surface area (Å²) in [7, 11) is 0. The van der Waals surface area contributed by atoms with Gasteiger partial charge < -0.3 is 10.6 Å². The van der Waals surface area contributed by atoms with Crippen molar-refractivity contribution in [3.63, 3.8) is 0 Å². The zero-order chi connectivity index (χ0) is 12.0. The highest BCUT2D eigenvalue weighted by Gasteiger charge is 2.22. The average molecular weight is 226 g/mol. The Balaban J connectivity index is 2.44. The summed E-state index contributed by atoms with van der Waals surface area (Å²) >= 11 is 0. The van der Waals surface area contributed by atoms with Crippen LogP contribution in [0.5, 0.6) is 0 Å². The third-order valence-electron chi connectivity index (χ3n) is 3.56. The van der Waals surface area contributed by atoms with Crippen LogP contribution in [0.2, 0.25) is 0 Å². The third-order valence-corrected chi connectivity index (χ3v) is 3.56. The predicted molar refractivity (Wildman–Crippen MR) is 67.0 cm³/mol. The molecule has 2 unspecified atom stereocenters. The van der Waals surface area contributed by atoms with Crippen LogP contribution in [0.4, 0.5) is 0 Å². The van der Waals surface area contributed by atoms with Gasteiger partial charge in [0.25, 0.3) is 0 Å².